The highest BCUT2D eigenvalue weighted by atomic mass is 32.3. The minimum atomic E-state index is -5.45. The summed E-state index contributed by atoms with van der Waals surface area (Å²) in [5.74, 6) is -5.79. The third kappa shape index (κ3) is 24.9. The molecule has 1 unspecified atom stereocenters. The average molecular weight is 1880 g/mol. The zero-order valence-electron chi connectivity index (χ0n) is 67.3. The van der Waals surface area contributed by atoms with E-state index in [0.29, 0.717) is 0 Å². The van der Waals surface area contributed by atoms with Gasteiger partial charge >= 0.3 is 20.8 Å². The molecule has 0 aromatic heterocycles. The van der Waals surface area contributed by atoms with E-state index >= 15 is 0 Å². The van der Waals surface area contributed by atoms with Crippen LogP contribution in [0.4, 0.5) is 0 Å². The molecule has 45 atom stereocenters. The molecule has 0 saturated carbocycles. The summed E-state index contributed by atoms with van der Waals surface area (Å²) in [6.45, 7) is -5.42. The second-order valence-electron chi connectivity index (χ2n) is 30.6. The second-order valence-corrected chi connectivity index (χ2v) is 32.7. The summed E-state index contributed by atoms with van der Waals surface area (Å²) in [5.41, 5.74) is 0. The lowest BCUT2D eigenvalue weighted by Crippen LogP contribution is -2.71. The first-order valence-electron chi connectivity index (χ1n) is 38.9. The summed E-state index contributed by atoms with van der Waals surface area (Å²) < 4.78 is 177. The molecule has 126 heavy (non-hydrogen) atoms. The Hall–Kier alpha value is -4.96. The molecule has 0 aromatic carbocycles. The number of hydrogen-bond acceptors (Lipinski definition) is 50. The minimum absolute atomic E-state index is 0.816. The van der Waals surface area contributed by atoms with Crippen LogP contribution in [0.2, 0.25) is 0 Å². The average Bonchev–Trinajstić information content (AvgIpc) is 1.65. The van der Waals surface area contributed by atoms with Crippen LogP contribution in [0, 0.1) is 0 Å². The SMILES string of the molecule is CC(=O)N[C@H]1[C@H](O[C@H]2[C@H](O)[C@@H](NC(C)=O)[C@H](O[C@@H]3[C@@H](OC[C@H]4O[C@@H](O[C@H]5[C@H](O)[C@@H](NC(C)=O)[C@H](O[C@H]6[C@H](O)[C@@H](NC(C)=O)C(O)O[C@@H]6CO)O[C@@H]5CO)[C@@H](O)[C@@H](O[C@H]5O[C@H](CO)[C@@H](O)[C@H](O)[C@@H]5O[C@@H]5O[C@H](CO)[C@@H](O[C@@H]6O[C@H](CO)[C@H](OS(=O)(=O)O)[C@H](O)[C@H]6NC(C)=O)[C@H](O)[C@H]5NC(C)=O)[C@@H]4O)O[C@H](CO)[C@@H](O)[C@@H]3O)O[C@@H]2CO)O[C@H](CO)[C@H](OS(=O)(=O)O)[C@@H]1O. The maximum absolute atomic E-state index is 13.1. The number of ether oxygens (including phenoxy) is 17. The van der Waals surface area contributed by atoms with Crippen LogP contribution in [0.3, 0.4) is 0 Å². The molecule has 6 amide bonds. The molecule has 9 fully saturated rings. The van der Waals surface area contributed by atoms with Crippen molar-refractivity contribution >= 4 is 56.2 Å². The van der Waals surface area contributed by atoms with Crippen molar-refractivity contribution in [2.45, 2.75) is 318 Å². The predicted molar refractivity (Wildman–Crippen MR) is 387 cm³/mol. The van der Waals surface area contributed by atoms with E-state index in [-0.39, 0.29) is 0 Å². The third-order valence-corrected chi connectivity index (χ3v) is 22.5. The van der Waals surface area contributed by atoms with Crippen molar-refractivity contribution in [2.24, 2.45) is 0 Å². The quantitative estimate of drug-likeness (QED) is 0.0262. The predicted octanol–water partition coefficient (Wildman–Crippen LogP) is -20.1. The van der Waals surface area contributed by atoms with Crippen LogP contribution in [0.15, 0.2) is 0 Å². The van der Waals surface area contributed by atoms with Gasteiger partial charge in [-0.3, -0.25) is 37.9 Å². The first-order chi connectivity index (χ1) is 59.2. The van der Waals surface area contributed by atoms with E-state index < -0.39 is 392 Å². The maximum atomic E-state index is 13.1. The Morgan fingerprint density at radius 3 is 0.778 bits per heavy atom. The highest BCUT2D eigenvalue weighted by Crippen LogP contribution is 2.41. The number of hydrogen-bond donors (Lipinski definition) is 29. The van der Waals surface area contributed by atoms with Crippen LogP contribution in [0.5, 0.6) is 0 Å². The Labute approximate surface area is 713 Å². The molecule has 9 saturated heterocycles. The fourth-order valence-electron chi connectivity index (χ4n) is 15.8. The number of amides is 6. The van der Waals surface area contributed by atoms with Gasteiger partial charge in [0.25, 0.3) is 0 Å². The van der Waals surface area contributed by atoms with Crippen molar-refractivity contribution < 1.29 is 251 Å². The molecule has 58 nitrogen and oxygen atoms in total. The van der Waals surface area contributed by atoms with Gasteiger partial charge in [0, 0.05) is 41.5 Å². The highest BCUT2D eigenvalue weighted by molar-refractivity contribution is 7.81. The van der Waals surface area contributed by atoms with Crippen molar-refractivity contribution in [1.82, 2.24) is 31.9 Å². The lowest BCUT2D eigenvalue weighted by Gasteiger charge is -2.51. The summed E-state index contributed by atoms with van der Waals surface area (Å²) in [5, 5.41) is 253. The van der Waals surface area contributed by atoms with Crippen molar-refractivity contribution in [1.29, 1.82) is 0 Å². The lowest BCUT2D eigenvalue weighted by atomic mass is 9.93. The fraction of sp³-hybridized carbons (Fsp3) is 0.909. The monoisotopic (exact) mass is 1880 g/mol. The molecule has 0 spiro atoms. The first-order valence-corrected chi connectivity index (χ1v) is 41.7. The standard InChI is InChI=1S/C66H110N6O52S2/c1-16(81)67-31-40(90)49(24(9-75)107-58(31)99)116-59-32(68-17(2)82)43(93)52(27(12-78)110-59)119-64-48(98)55(120-66-57(47(97)38(88)23(8-74)109-66)122-63-34(70-19(4)84)42(92)51(26(11-77)112-63)118-61-36(72-21(6)86)45(95)54(29(14-80)114-61)124-126(103,104)105)39(89)30(115-64)15-106-65-56(46(96)37(87)22(7-73)108-65)121-62-33(69-18(3)83)41(91)50(25(10-76)111-62)117-60-35(71-20(5)85)44(94)53(28(13-79)113-60)123-125(100,101)102/h22-66,73-80,87-99H,7-15H2,1-6H3,(H,67,81)(H,68,82)(H,69,83)(H,70,84)(H,71,85)(H,72,86)(H,100,101,102)(H,103,104,105)/t22-,23-,24-,25-,26-,27-,28-,29-,30-,31-,32-,33-,34-,35-,36-,37-,38-,39-,40-,41-,42-,43-,44-,45-,46+,47+,48+,49-,50-,51-,52-,53+,54+,55+,56+,57+,58?,59+,60+,61+,62+,63+,64+,65+,66-/m1/s1. The van der Waals surface area contributed by atoms with E-state index in [9.17, 15) is 162 Å². The van der Waals surface area contributed by atoms with Gasteiger partial charge in [0.05, 0.1) is 59.5 Å². The van der Waals surface area contributed by atoms with Crippen LogP contribution in [0.25, 0.3) is 0 Å². The summed E-state index contributed by atoms with van der Waals surface area (Å²) >= 11 is 0. The Kier molecular flexibility index (Phi) is 37.6. The van der Waals surface area contributed by atoms with Crippen LogP contribution in [-0.2, 0) is 138 Å². The van der Waals surface area contributed by atoms with Gasteiger partial charge in [-0.25, -0.2) is 8.37 Å². The maximum Gasteiger partial charge on any atom is 0.397 e. The molecule has 9 aliphatic rings. The molecule has 0 bridgehead atoms. The van der Waals surface area contributed by atoms with Gasteiger partial charge in [-0.05, 0) is 0 Å². The largest absolute Gasteiger partial charge is 0.397 e. The molecule has 0 radical (unpaired) electrons. The van der Waals surface area contributed by atoms with Gasteiger partial charge in [0.2, 0.25) is 35.4 Å². The summed E-state index contributed by atoms with van der Waals surface area (Å²) in [4.78, 5) is 76.5. The summed E-state index contributed by atoms with van der Waals surface area (Å²) in [7, 11) is -10.9. The van der Waals surface area contributed by atoms with Crippen LogP contribution >= 0.6 is 0 Å². The fourth-order valence-corrected chi connectivity index (χ4v) is 16.8. The van der Waals surface area contributed by atoms with Gasteiger partial charge in [-0.15, -0.1) is 0 Å². The number of rotatable bonds is 35. The van der Waals surface area contributed by atoms with E-state index in [2.05, 4.69) is 40.3 Å². The highest BCUT2D eigenvalue weighted by Gasteiger charge is 2.62. The smallest absolute Gasteiger partial charge is 0.394 e. The van der Waals surface area contributed by atoms with E-state index in [1.54, 1.807) is 0 Å². The molecule has 60 heteroatoms. The zero-order valence-corrected chi connectivity index (χ0v) is 68.9. The van der Waals surface area contributed by atoms with Crippen LogP contribution in [0.1, 0.15) is 41.5 Å². The Morgan fingerprint density at radius 2 is 0.476 bits per heavy atom. The number of carbonyl (C=O) groups is 6. The van der Waals surface area contributed by atoms with E-state index in [1.807, 2.05) is 0 Å². The van der Waals surface area contributed by atoms with Crippen molar-refractivity contribution in [3.63, 3.8) is 0 Å². The summed E-state index contributed by atoms with van der Waals surface area (Å²) in [6.07, 6.45) is -85.8. The van der Waals surface area contributed by atoms with Gasteiger partial charge in [0.1, 0.15) is 219 Å². The molecule has 9 heterocycles. The third-order valence-electron chi connectivity index (χ3n) is 21.6. The zero-order chi connectivity index (χ0) is 93.5. The second kappa shape index (κ2) is 45.2. The number of aliphatic hydroxyl groups excluding tert-OH is 21. The molecule has 29 N–H and O–H groups in total. The lowest BCUT2D eigenvalue weighted by molar-refractivity contribution is -0.398. The Bertz CT molecular complexity index is 3790. The first kappa shape index (κ1) is 105. The van der Waals surface area contributed by atoms with Gasteiger partial charge in [-0.1, -0.05) is 0 Å². The number of aliphatic hydroxyl groups is 21. The number of carbonyl (C=O) groups excluding carboxylic acids is 6. The molecule has 9 rings (SSSR count). The summed E-state index contributed by atoms with van der Waals surface area (Å²) in [6, 6.07) is -11.7. The van der Waals surface area contributed by atoms with Crippen molar-refractivity contribution in [3.05, 3.63) is 0 Å². The van der Waals surface area contributed by atoms with Crippen molar-refractivity contribution in [2.75, 3.05) is 59.5 Å². The van der Waals surface area contributed by atoms with Crippen LogP contribution < -0.4 is 31.9 Å². The molecular formula is C66H110N6O52S2. The van der Waals surface area contributed by atoms with Crippen LogP contribution in [-0.4, -0.2) is 504 Å². The Morgan fingerprint density at radius 1 is 0.246 bits per heavy atom. The van der Waals surface area contributed by atoms with Gasteiger partial charge < -0.3 is 220 Å². The molecule has 0 aromatic rings. The normalized spacial score (nSPS) is 44.9. The van der Waals surface area contributed by atoms with E-state index in [4.69, 9.17) is 80.5 Å². The molecule has 728 valence electrons. The number of nitrogens with one attached hydrogen (secondary N) is 6. The van der Waals surface area contributed by atoms with E-state index in [0.717, 1.165) is 41.5 Å². The topological polar surface area (TPSA) is 884 Å². The molecule has 9 aliphatic heterocycles. The molecule has 0 aliphatic carbocycles. The molecular weight excluding hydrogens is 1770 g/mol. The minimum Gasteiger partial charge on any atom is -0.394 e. The Balaban J connectivity index is 1.07. The van der Waals surface area contributed by atoms with E-state index in [1.165, 1.54) is 0 Å². The van der Waals surface area contributed by atoms with Gasteiger partial charge in [-0.2, -0.15) is 16.8 Å². The van der Waals surface area contributed by atoms with Gasteiger partial charge in [0.15, 0.2) is 56.6 Å². The van der Waals surface area contributed by atoms with Crippen molar-refractivity contribution in [3.8, 4) is 0 Å².